The lowest BCUT2D eigenvalue weighted by atomic mass is 9.67. The molecule has 3 heteroatoms. The molecule has 10 aromatic carbocycles. The lowest BCUT2D eigenvalue weighted by molar-refractivity contribution is 0.769. The van der Waals surface area contributed by atoms with Crippen LogP contribution in [0.4, 0.5) is 0 Å². The van der Waals surface area contributed by atoms with Gasteiger partial charge < -0.3 is 0 Å². The predicted octanol–water partition coefficient (Wildman–Crippen LogP) is 15.4. The van der Waals surface area contributed by atoms with Crippen LogP contribution in [0.3, 0.4) is 0 Å². The second-order valence-corrected chi connectivity index (χ2v) is 16.7. The molecular formula is C62H41N3. The van der Waals surface area contributed by atoms with Crippen LogP contribution in [-0.4, -0.2) is 15.0 Å². The summed E-state index contributed by atoms with van der Waals surface area (Å²) in [6.07, 6.45) is 0. The lowest BCUT2D eigenvalue weighted by Crippen LogP contribution is -2.28. The van der Waals surface area contributed by atoms with E-state index < -0.39 is 5.41 Å². The van der Waals surface area contributed by atoms with Gasteiger partial charge in [-0.25, -0.2) is 15.0 Å². The van der Waals surface area contributed by atoms with Gasteiger partial charge in [0, 0.05) is 16.7 Å². The molecule has 0 bridgehead atoms. The smallest absolute Gasteiger partial charge is 0.164 e. The van der Waals surface area contributed by atoms with Gasteiger partial charge in [0.15, 0.2) is 17.5 Å². The van der Waals surface area contributed by atoms with Crippen molar-refractivity contribution in [1.29, 1.82) is 0 Å². The van der Waals surface area contributed by atoms with Gasteiger partial charge in [-0.05, 0) is 95.7 Å². The molecule has 0 saturated heterocycles. The molecule has 0 spiro atoms. The van der Waals surface area contributed by atoms with Crippen molar-refractivity contribution >= 4 is 10.8 Å². The van der Waals surface area contributed by atoms with Crippen molar-refractivity contribution in [2.75, 3.05) is 0 Å². The normalized spacial score (nSPS) is 12.4. The third-order valence-corrected chi connectivity index (χ3v) is 13.0. The topological polar surface area (TPSA) is 38.7 Å². The zero-order valence-corrected chi connectivity index (χ0v) is 35.5. The van der Waals surface area contributed by atoms with Crippen LogP contribution >= 0.6 is 0 Å². The summed E-state index contributed by atoms with van der Waals surface area (Å²) in [5.41, 5.74) is 17.0. The van der Waals surface area contributed by atoms with E-state index >= 15 is 0 Å². The molecule has 1 heterocycles. The van der Waals surface area contributed by atoms with Gasteiger partial charge in [-0.15, -0.1) is 0 Å². The molecule has 3 nitrogen and oxygen atoms in total. The maximum atomic E-state index is 4.96. The Bertz CT molecular complexity index is 3400. The Hall–Kier alpha value is -8.53. The first kappa shape index (κ1) is 38.2. The maximum absolute atomic E-state index is 4.96. The second kappa shape index (κ2) is 16.0. The monoisotopic (exact) mass is 827 g/mol. The molecule has 1 aliphatic carbocycles. The van der Waals surface area contributed by atoms with Crippen molar-refractivity contribution in [3.8, 4) is 78.7 Å². The molecule has 0 fully saturated rings. The van der Waals surface area contributed by atoms with Gasteiger partial charge in [0.05, 0.1) is 5.41 Å². The van der Waals surface area contributed by atoms with Gasteiger partial charge in [-0.3, -0.25) is 0 Å². The van der Waals surface area contributed by atoms with Crippen molar-refractivity contribution in [3.63, 3.8) is 0 Å². The third-order valence-electron chi connectivity index (χ3n) is 13.0. The molecule has 0 N–H and O–H groups in total. The van der Waals surface area contributed by atoms with Gasteiger partial charge in [0.2, 0.25) is 0 Å². The Balaban J connectivity index is 0.983. The van der Waals surface area contributed by atoms with Crippen molar-refractivity contribution in [3.05, 3.63) is 271 Å². The number of benzene rings is 10. The van der Waals surface area contributed by atoms with Crippen LogP contribution in [0.25, 0.3) is 89.4 Å². The molecule has 1 aliphatic rings. The Kier molecular flexibility index (Phi) is 9.39. The Morgan fingerprint density at radius 3 is 1.22 bits per heavy atom. The van der Waals surface area contributed by atoms with Gasteiger partial charge in [0.25, 0.3) is 0 Å². The van der Waals surface area contributed by atoms with Crippen LogP contribution in [0.2, 0.25) is 0 Å². The van der Waals surface area contributed by atoms with E-state index in [0.717, 1.165) is 33.4 Å². The number of hydrogen-bond acceptors (Lipinski definition) is 3. The highest BCUT2D eigenvalue weighted by atomic mass is 15.0. The van der Waals surface area contributed by atoms with E-state index in [0.29, 0.717) is 17.5 Å². The highest BCUT2D eigenvalue weighted by Gasteiger charge is 2.46. The molecule has 0 amide bonds. The molecule has 11 aromatic rings. The predicted molar refractivity (Wildman–Crippen MR) is 267 cm³/mol. The summed E-state index contributed by atoms with van der Waals surface area (Å²) in [6, 6.07) is 89.4. The van der Waals surface area contributed by atoms with E-state index in [9.17, 15) is 0 Å². The summed E-state index contributed by atoms with van der Waals surface area (Å²) in [7, 11) is 0. The fourth-order valence-electron chi connectivity index (χ4n) is 9.91. The second-order valence-electron chi connectivity index (χ2n) is 16.7. The van der Waals surface area contributed by atoms with Crippen LogP contribution in [0.15, 0.2) is 249 Å². The van der Waals surface area contributed by atoms with Crippen molar-refractivity contribution in [2.45, 2.75) is 5.41 Å². The van der Waals surface area contributed by atoms with Crippen LogP contribution in [0.5, 0.6) is 0 Å². The van der Waals surface area contributed by atoms with Crippen molar-refractivity contribution in [2.24, 2.45) is 0 Å². The third kappa shape index (κ3) is 6.65. The average Bonchev–Trinajstić information content (AvgIpc) is 3.69. The molecule has 65 heavy (non-hydrogen) atoms. The van der Waals surface area contributed by atoms with Crippen molar-refractivity contribution in [1.82, 2.24) is 15.0 Å². The van der Waals surface area contributed by atoms with Crippen LogP contribution in [-0.2, 0) is 5.41 Å². The van der Waals surface area contributed by atoms with Gasteiger partial charge >= 0.3 is 0 Å². The minimum absolute atomic E-state index is 0.505. The van der Waals surface area contributed by atoms with Crippen molar-refractivity contribution < 1.29 is 0 Å². The summed E-state index contributed by atoms with van der Waals surface area (Å²) < 4.78 is 0. The molecule has 0 atom stereocenters. The van der Waals surface area contributed by atoms with Gasteiger partial charge in [0.1, 0.15) is 0 Å². The van der Waals surface area contributed by atoms with E-state index in [-0.39, 0.29) is 0 Å². The zero-order valence-electron chi connectivity index (χ0n) is 35.5. The number of nitrogens with zero attached hydrogens (tertiary/aromatic N) is 3. The molecule has 0 aliphatic heterocycles. The Morgan fingerprint density at radius 1 is 0.231 bits per heavy atom. The molecule has 0 radical (unpaired) electrons. The highest BCUT2D eigenvalue weighted by molar-refractivity contribution is 5.97. The summed E-state index contributed by atoms with van der Waals surface area (Å²) >= 11 is 0. The molecule has 0 saturated carbocycles. The van der Waals surface area contributed by atoms with E-state index in [4.69, 9.17) is 15.0 Å². The number of hydrogen-bond donors (Lipinski definition) is 0. The number of rotatable bonds is 8. The summed E-state index contributed by atoms with van der Waals surface area (Å²) in [5.74, 6) is 1.94. The van der Waals surface area contributed by atoms with Gasteiger partial charge in [-0.1, -0.05) is 231 Å². The summed E-state index contributed by atoms with van der Waals surface area (Å²) in [6.45, 7) is 0. The van der Waals surface area contributed by atoms with E-state index in [2.05, 4.69) is 188 Å². The molecule has 0 unspecified atom stereocenters. The zero-order chi connectivity index (χ0) is 43.2. The minimum Gasteiger partial charge on any atom is -0.208 e. The first-order chi connectivity index (χ1) is 32.2. The van der Waals surface area contributed by atoms with E-state index in [1.807, 2.05) is 60.7 Å². The summed E-state index contributed by atoms with van der Waals surface area (Å²) in [4.78, 5) is 14.8. The Labute approximate surface area is 379 Å². The minimum atomic E-state index is -0.505. The SMILES string of the molecule is c1ccc(-c2nc(-c3ccccc3)nc(-c3ccc(-c4ccc(-c5cc6c(cc5-c5ccc7ccccc7c5)-c5ccccc5C6(c5ccccc5)c5ccccc5)cc4)cc3)n2)cc1. The molecular weight excluding hydrogens is 787 g/mol. The molecule has 1 aromatic heterocycles. The standard InChI is InChI=1S/C62H41N3/c1-5-18-46(19-6-1)59-63-60(47-20-7-2-8-21-47)65-61(64-59)48-36-31-44(32-37-48)43-29-34-45(35-30-43)55-41-58-56(40-54(55)50-38-33-42-17-13-14-22-49(42)39-50)53-27-15-16-28-57(53)62(58,51-23-9-3-10-24-51)52-25-11-4-12-26-52/h1-41H. The van der Waals surface area contributed by atoms with Crippen LogP contribution in [0.1, 0.15) is 22.3 Å². The molecule has 12 rings (SSSR count). The quantitative estimate of drug-likeness (QED) is 0.153. The number of fused-ring (bicyclic) bond motifs is 4. The van der Waals surface area contributed by atoms with Crippen LogP contribution in [0, 0.1) is 0 Å². The van der Waals surface area contributed by atoms with Gasteiger partial charge in [-0.2, -0.15) is 0 Å². The first-order valence-corrected chi connectivity index (χ1v) is 22.2. The van der Waals surface area contributed by atoms with E-state index in [1.165, 1.54) is 60.8 Å². The largest absolute Gasteiger partial charge is 0.208 e. The summed E-state index contributed by atoms with van der Waals surface area (Å²) in [5, 5.41) is 2.46. The lowest BCUT2D eigenvalue weighted by Gasteiger charge is -2.34. The van der Waals surface area contributed by atoms with E-state index in [1.54, 1.807) is 0 Å². The fourth-order valence-corrected chi connectivity index (χ4v) is 9.91. The number of aromatic nitrogens is 3. The fraction of sp³-hybridized carbons (Fsp3) is 0.0161. The first-order valence-electron chi connectivity index (χ1n) is 22.2. The maximum Gasteiger partial charge on any atom is 0.164 e. The molecule has 304 valence electrons. The average molecular weight is 828 g/mol. The highest BCUT2D eigenvalue weighted by Crippen LogP contribution is 2.58. The Morgan fingerprint density at radius 2 is 0.646 bits per heavy atom. The van der Waals surface area contributed by atoms with Crippen LogP contribution < -0.4 is 0 Å².